The van der Waals surface area contributed by atoms with Crippen LogP contribution in [0.25, 0.3) is 0 Å². The van der Waals surface area contributed by atoms with Crippen LogP contribution in [0.4, 0.5) is 0 Å². The van der Waals surface area contributed by atoms with E-state index in [1.807, 2.05) is 23.9 Å². The molecule has 3 unspecified atom stereocenters. The standard InChI is InChI=1S/C16H27N3O2.C9H15NO3/c1-12(17-3)14-6-4-9-19(10-14)16(21)15-7-5-8-18(11-15)13(2)20;1-7(11)6-13-9(12)8-4-3-5-10(8)2/h14-15,17H,1,4-11H2,2-3H3;8H,3-6H2,1-2H3. The van der Waals surface area contributed by atoms with Crippen LogP contribution in [0.2, 0.25) is 0 Å². The summed E-state index contributed by atoms with van der Waals surface area (Å²) in [4.78, 5) is 51.9. The highest BCUT2D eigenvalue weighted by molar-refractivity contribution is 5.82. The second-order valence-electron chi connectivity index (χ2n) is 9.65. The lowest BCUT2D eigenvalue weighted by Gasteiger charge is -2.38. The molecule has 9 nitrogen and oxygen atoms in total. The number of esters is 1. The fraction of sp³-hybridized carbons (Fsp3) is 0.760. The quantitative estimate of drug-likeness (QED) is 0.577. The molecule has 0 radical (unpaired) electrons. The first kappa shape index (κ1) is 27.8. The Morgan fingerprint density at radius 1 is 0.912 bits per heavy atom. The van der Waals surface area contributed by atoms with Gasteiger partial charge < -0.3 is 19.9 Å². The topological polar surface area (TPSA) is 99.3 Å². The lowest BCUT2D eigenvalue weighted by Crippen LogP contribution is -2.49. The molecule has 0 aromatic rings. The molecule has 3 aliphatic heterocycles. The summed E-state index contributed by atoms with van der Waals surface area (Å²) in [5.41, 5.74) is 1.02. The monoisotopic (exact) mass is 478 g/mol. The molecule has 3 rings (SSSR count). The zero-order valence-corrected chi connectivity index (χ0v) is 21.3. The first-order valence-corrected chi connectivity index (χ1v) is 12.4. The van der Waals surface area contributed by atoms with Crippen LogP contribution in [-0.4, -0.2) is 97.7 Å². The smallest absolute Gasteiger partial charge is 0.323 e. The highest BCUT2D eigenvalue weighted by atomic mass is 16.5. The van der Waals surface area contributed by atoms with E-state index in [9.17, 15) is 19.2 Å². The number of piperidine rings is 2. The SMILES string of the molecule is C=C(NC)C1CCCN(C(=O)C2CCCN(C(C)=O)C2)C1.CC(=O)COC(=O)C1CCCN1C. The molecule has 0 saturated carbocycles. The fourth-order valence-electron chi connectivity index (χ4n) is 4.87. The van der Waals surface area contributed by atoms with Crippen LogP contribution in [-0.2, 0) is 23.9 Å². The van der Waals surface area contributed by atoms with Crippen LogP contribution in [0.3, 0.4) is 0 Å². The number of nitrogens with zero attached hydrogens (tertiary/aromatic N) is 3. The van der Waals surface area contributed by atoms with Gasteiger partial charge in [0.25, 0.3) is 0 Å². The number of nitrogens with one attached hydrogen (secondary N) is 1. The van der Waals surface area contributed by atoms with Gasteiger partial charge in [-0.15, -0.1) is 0 Å². The predicted molar refractivity (Wildman–Crippen MR) is 130 cm³/mol. The van der Waals surface area contributed by atoms with Crippen LogP contribution < -0.4 is 5.32 Å². The van der Waals surface area contributed by atoms with E-state index in [2.05, 4.69) is 11.9 Å². The first-order valence-electron chi connectivity index (χ1n) is 12.4. The Kier molecular flexibility index (Phi) is 11.0. The fourth-order valence-corrected chi connectivity index (χ4v) is 4.87. The van der Waals surface area contributed by atoms with E-state index < -0.39 is 0 Å². The number of hydrogen-bond acceptors (Lipinski definition) is 7. The number of likely N-dealkylation sites (tertiary alicyclic amines) is 3. The van der Waals surface area contributed by atoms with Gasteiger partial charge in [-0.05, 0) is 59.0 Å². The summed E-state index contributed by atoms with van der Waals surface area (Å²) in [6.07, 6.45) is 5.81. The van der Waals surface area contributed by atoms with Gasteiger partial charge in [-0.25, -0.2) is 0 Å². The lowest BCUT2D eigenvalue weighted by atomic mass is 9.92. The minimum Gasteiger partial charge on any atom is -0.457 e. The van der Waals surface area contributed by atoms with E-state index in [1.165, 1.54) is 6.92 Å². The van der Waals surface area contributed by atoms with E-state index in [1.54, 1.807) is 11.8 Å². The number of carbonyl (C=O) groups is 4. The summed E-state index contributed by atoms with van der Waals surface area (Å²) in [5.74, 6) is 0.232. The maximum absolute atomic E-state index is 12.7. The van der Waals surface area contributed by atoms with Crippen LogP contribution in [0.5, 0.6) is 0 Å². The molecule has 3 fully saturated rings. The molecule has 3 heterocycles. The van der Waals surface area contributed by atoms with Crippen LogP contribution in [0, 0.1) is 11.8 Å². The van der Waals surface area contributed by atoms with Crippen molar-refractivity contribution >= 4 is 23.6 Å². The van der Waals surface area contributed by atoms with Crippen LogP contribution in [0.1, 0.15) is 52.4 Å². The van der Waals surface area contributed by atoms with E-state index in [0.29, 0.717) is 12.5 Å². The van der Waals surface area contributed by atoms with Gasteiger partial charge in [0.1, 0.15) is 12.6 Å². The molecule has 1 N–H and O–H groups in total. The van der Waals surface area contributed by atoms with Gasteiger partial charge in [0.15, 0.2) is 5.78 Å². The van der Waals surface area contributed by atoms with Gasteiger partial charge >= 0.3 is 5.97 Å². The second kappa shape index (κ2) is 13.5. The maximum atomic E-state index is 12.7. The third kappa shape index (κ3) is 8.11. The first-order chi connectivity index (χ1) is 16.1. The number of rotatable bonds is 6. The molecule has 34 heavy (non-hydrogen) atoms. The highest BCUT2D eigenvalue weighted by Gasteiger charge is 2.33. The third-order valence-corrected chi connectivity index (χ3v) is 6.97. The number of ether oxygens (including phenoxy) is 1. The minimum atomic E-state index is -0.268. The maximum Gasteiger partial charge on any atom is 0.323 e. The van der Waals surface area contributed by atoms with Crippen LogP contribution in [0.15, 0.2) is 12.3 Å². The van der Waals surface area contributed by atoms with Crippen molar-refractivity contribution in [1.82, 2.24) is 20.0 Å². The van der Waals surface area contributed by atoms with E-state index >= 15 is 0 Å². The van der Waals surface area contributed by atoms with Crippen molar-refractivity contribution in [2.45, 2.75) is 58.4 Å². The number of carbonyl (C=O) groups excluding carboxylic acids is 4. The third-order valence-electron chi connectivity index (χ3n) is 6.97. The Hall–Kier alpha value is -2.42. The zero-order valence-electron chi connectivity index (χ0n) is 21.3. The van der Waals surface area contributed by atoms with Crippen molar-refractivity contribution in [3.63, 3.8) is 0 Å². The Balaban J connectivity index is 0.000000270. The Bertz CT molecular complexity index is 756. The van der Waals surface area contributed by atoms with E-state index in [4.69, 9.17) is 4.74 Å². The normalized spacial score (nSPS) is 25.1. The zero-order chi connectivity index (χ0) is 25.3. The molecule has 0 bridgehead atoms. The molecule has 0 aromatic carbocycles. The second-order valence-corrected chi connectivity index (χ2v) is 9.65. The number of ketones is 1. The molecule has 9 heteroatoms. The van der Waals surface area contributed by atoms with Crippen molar-refractivity contribution in [2.24, 2.45) is 11.8 Å². The number of Topliss-reactive ketones (excluding diaryl/α,β-unsaturated/α-hetero) is 1. The van der Waals surface area contributed by atoms with Gasteiger partial charge in [0.05, 0.1) is 5.92 Å². The van der Waals surface area contributed by atoms with Crippen molar-refractivity contribution in [3.05, 3.63) is 12.3 Å². The molecule has 0 spiro atoms. The van der Waals surface area contributed by atoms with Gasteiger partial charge in [-0.1, -0.05) is 6.58 Å². The van der Waals surface area contributed by atoms with Crippen molar-refractivity contribution in [3.8, 4) is 0 Å². The molecule has 192 valence electrons. The molecule has 3 atom stereocenters. The summed E-state index contributed by atoms with van der Waals surface area (Å²) in [6.45, 7) is 10.8. The molecule has 2 amide bonds. The molecular formula is C25H42N4O5. The molecule has 0 aromatic heterocycles. The largest absolute Gasteiger partial charge is 0.457 e. The summed E-state index contributed by atoms with van der Waals surface area (Å²) < 4.78 is 4.83. The lowest BCUT2D eigenvalue weighted by molar-refractivity contribution is -0.151. The van der Waals surface area contributed by atoms with E-state index in [0.717, 1.165) is 70.4 Å². The molecule has 3 aliphatic rings. The summed E-state index contributed by atoms with van der Waals surface area (Å²) in [7, 11) is 3.78. The van der Waals surface area contributed by atoms with Crippen LogP contribution >= 0.6 is 0 Å². The van der Waals surface area contributed by atoms with E-state index in [-0.39, 0.29) is 42.1 Å². The summed E-state index contributed by atoms with van der Waals surface area (Å²) >= 11 is 0. The number of amides is 2. The molecular weight excluding hydrogens is 436 g/mol. The summed E-state index contributed by atoms with van der Waals surface area (Å²) in [5, 5.41) is 3.11. The predicted octanol–water partition coefficient (Wildman–Crippen LogP) is 1.43. The minimum absolute atomic E-state index is 0.0238. The molecule has 3 saturated heterocycles. The van der Waals surface area contributed by atoms with Gasteiger partial charge in [0, 0.05) is 51.8 Å². The van der Waals surface area contributed by atoms with Gasteiger partial charge in [-0.3, -0.25) is 24.1 Å². The summed E-state index contributed by atoms with van der Waals surface area (Å²) in [6, 6.07) is -0.139. The average molecular weight is 479 g/mol. The van der Waals surface area contributed by atoms with Crippen molar-refractivity contribution < 1.29 is 23.9 Å². The molecule has 0 aliphatic carbocycles. The Morgan fingerprint density at radius 3 is 2.06 bits per heavy atom. The number of hydrogen-bond donors (Lipinski definition) is 1. The Labute approximate surface area is 203 Å². The Morgan fingerprint density at radius 2 is 1.50 bits per heavy atom. The average Bonchev–Trinajstić information content (AvgIpc) is 3.28. The highest BCUT2D eigenvalue weighted by Crippen LogP contribution is 2.25. The van der Waals surface area contributed by atoms with Gasteiger partial charge in [0.2, 0.25) is 11.8 Å². The van der Waals surface area contributed by atoms with Crippen molar-refractivity contribution in [2.75, 3.05) is 53.4 Å². The van der Waals surface area contributed by atoms with Crippen molar-refractivity contribution in [1.29, 1.82) is 0 Å². The van der Waals surface area contributed by atoms with Gasteiger partial charge in [-0.2, -0.15) is 0 Å². The number of likely N-dealkylation sites (N-methyl/N-ethyl adjacent to an activating group) is 1.